The highest BCUT2D eigenvalue weighted by Gasteiger charge is 2.36. The smallest absolute Gasteiger partial charge is 0.282 e. The van der Waals surface area contributed by atoms with Crippen LogP contribution in [-0.2, 0) is 14.8 Å². The maximum atomic E-state index is 12.5. The van der Waals surface area contributed by atoms with Crippen LogP contribution in [0, 0.1) is 6.92 Å². The number of nitrogens with zero attached hydrogens (tertiary/aromatic N) is 1. The van der Waals surface area contributed by atoms with Crippen molar-refractivity contribution in [3.8, 4) is 0 Å². The van der Waals surface area contributed by atoms with E-state index >= 15 is 0 Å². The molecule has 118 valence electrons. The van der Waals surface area contributed by atoms with Crippen LogP contribution in [0.1, 0.15) is 19.4 Å². The average Bonchev–Trinajstić information content (AvgIpc) is 2.48. The minimum absolute atomic E-state index is 0.0638. The summed E-state index contributed by atoms with van der Waals surface area (Å²) in [4.78, 5) is 11.2. The maximum absolute atomic E-state index is 12.5. The molecule has 2 rings (SSSR count). The molecule has 0 radical (unpaired) electrons. The van der Waals surface area contributed by atoms with Crippen LogP contribution >= 0.6 is 31.9 Å². The fourth-order valence-corrected chi connectivity index (χ4v) is 4.58. The Bertz CT molecular complexity index is 780. The van der Waals surface area contributed by atoms with E-state index < -0.39 is 19.7 Å². The highest BCUT2D eigenvalue weighted by Crippen LogP contribution is 2.31. The molecule has 0 bridgehead atoms. The third-order valence-corrected chi connectivity index (χ3v) is 7.54. The number of ketones is 1. The van der Waals surface area contributed by atoms with Crippen molar-refractivity contribution >= 4 is 53.4 Å². The van der Waals surface area contributed by atoms with Gasteiger partial charge in [0, 0.05) is 0 Å². The fourth-order valence-electron chi connectivity index (χ4n) is 2.07. The predicted octanol–water partition coefficient (Wildman–Crippen LogP) is 3.57. The van der Waals surface area contributed by atoms with Gasteiger partial charge in [-0.15, -0.1) is 0 Å². The summed E-state index contributed by atoms with van der Waals surface area (Å²) in [5.41, 5.74) is 2.45. The van der Waals surface area contributed by atoms with E-state index in [4.69, 9.17) is 0 Å². The van der Waals surface area contributed by atoms with Crippen LogP contribution in [0.3, 0.4) is 0 Å². The number of carbonyl (C=O) groups is 1. The molecule has 0 spiro atoms. The predicted molar refractivity (Wildman–Crippen MR) is 94.6 cm³/mol. The third-order valence-electron chi connectivity index (χ3n) is 3.62. The number of rotatable bonds is 2. The van der Waals surface area contributed by atoms with E-state index in [1.54, 1.807) is 26.0 Å². The molecule has 1 aliphatic carbocycles. The van der Waals surface area contributed by atoms with Crippen LogP contribution in [0.2, 0.25) is 0 Å². The number of alkyl halides is 2. The maximum Gasteiger partial charge on any atom is 0.282 e. The van der Waals surface area contributed by atoms with E-state index in [2.05, 4.69) is 36.3 Å². The molecule has 0 saturated heterocycles. The van der Waals surface area contributed by atoms with Crippen LogP contribution in [0.5, 0.6) is 0 Å². The Morgan fingerprint density at radius 3 is 2.05 bits per heavy atom. The largest absolute Gasteiger partial charge is 0.293 e. The minimum Gasteiger partial charge on any atom is -0.293 e. The van der Waals surface area contributed by atoms with Crippen LogP contribution in [0.4, 0.5) is 0 Å². The lowest BCUT2D eigenvalue weighted by Crippen LogP contribution is -2.38. The molecule has 1 aliphatic rings. The number of halogens is 2. The zero-order chi connectivity index (χ0) is 16.7. The van der Waals surface area contributed by atoms with Gasteiger partial charge in [0.05, 0.1) is 20.3 Å². The number of Topliss-reactive ketones (excluding diaryl/α,β-unsaturated/α-hetero) is 1. The Morgan fingerprint density at radius 1 is 0.955 bits per heavy atom. The van der Waals surface area contributed by atoms with Crippen LogP contribution < -0.4 is 0 Å². The molecule has 0 amide bonds. The van der Waals surface area contributed by atoms with Gasteiger partial charge >= 0.3 is 0 Å². The van der Waals surface area contributed by atoms with Gasteiger partial charge in [0.25, 0.3) is 10.0 Å². The first kappa shape index (κ1) is 17.6. The van der Waals surface area contributed by atoms with Crippen molar-refractivity contribution < 1.29 is 13.2 Å². The van der Waals surface area contributed by atoms with Gasteiger partial charge in [-0.2, -0.15) is 12.8 Å². The lowest BCUT2D eigenvalue weighted by Gasteiger charge is -2.25. The lowest BCUT2D eigenvalue weighted by molar-refractivity contribution is -0.114. The number of carbonyl (C=O) groups excluding carboxylic acids is 1. The van der Waals surface area contributed by atoms with Gasteiger partial charge in [0.1, 0.15) is 0 Å². The number of aryl methyl sites for hydroxylation is 1. The Hall–Kier alpha value is -0.790. The van der Waals surface area contributed by atoms with Crippen LogP contribution in [0.25, 0.3) is 0 Å². The SMILES string of the molecule is CC1=C(C)C(=NS(=O)(=O)c2ccc(C)cc2)C(Br)C(Br)C1=O. The van der Waals surface area contributed by atoms with Crippen molar-refractivity contribution in [3.63, 3.8) is 0 Å². The minimum atomic E-state index is -3.82. The lowest BCUT2D eigenvalue weighted by atomic mass is 9.91. The number of hydrogen-bond donors (Lipinski definition) is 0. The van der Waals surface area contributed by atoms with Crippen LogP contribution in [-0.4, -0.2) is 29.6 Å². The molecule has 1 aromatic carbocycles. The molecule has 4 nitrogen and oxygen atoms in total. The summed E-state index contributed by atoms with van der Waals surface area (Å²) >= 11 is 6.66. The Kier molecular flexibility index (Phi) is 5.09. The summed E-state index contributed by atoms with van der Waals surface area (Å²) in [5, 5.41) is 0. The monoisotopic (exact) mass is 447 g/mol. The van der Waals surface area contributed by atoms with Crippen molar-refractivity contribution in [2.24, 2.45) is 4.40 Å². The topological polar surface area (TPSA) is 63.6 Å². The first-order valence-electron chi connectivity index (χ1n) is 6.57. The molecule has 0 aromatic heterocycles. The van der Waals surface area contributed by atoms with Crippen molar-refractivity contribution in [2.45, 2.75) is 35.3 Å². The number of sulfonamides is 1. The average molecular weight is 449 g/mol. The Balaban J connectivity index is 2.55. The second-order valence-electron chi connectivity index (χ2n) is 5.18. The number of benzene rings is 1. The standard InChI is InChI=1S/C15H15Br2NO3S/c1-8-4-6-11(7-5-8)22(20,21)18-14-9(2)10(3)15(19)13(17)12(14)16/h4-7,12-13H,1-3H3. The molecule has 2 atom stereocenters. The van der Waals surface area contributed by atoms with Crippen molar-refractivity contribution in [1.29, 1.82) is 0 Å². The van der Waals surface area contributed by atoms with Gasteiger partial charge < -0.3 is 0 Å². The Morgan fingerprint density at radius 2 is 1.50 bits per heavy atom. The van der Waals surface area contributed by atoms with Gasteiger partial charge in [-0.1, -0.05) is 49.6 Å². The number of hydrogen-bond acceptors (Lipinski definition) is 3. The zero-order valence-corrected chi connectivity index (χ0v) is 16.3. The highest BCUT2D eigenvalue weighted by molar-refractivity contribution is 9.12. The Labute approximate surface area is 147 Å². The van der Waals surface area contributed by atoms with Gasteiger partial charge in [-0.25, -0.2) is 0 Å². The van der Waals surface area contributed by atoms with Gasteiger partial charge in [0.2, 0.25) is 0 Å². The molecule has 0 fully saturated rings. The molecule has 0 aliphatic heterocycles. The summed E-state index contributed by atoms with van der Waals surface area (Å²) in [6.45, 7) is 5.28. The van der Waals surface area contributed by atoms with Crippen molar-refractivity contribution in [1.82, 2.24) is 0 Å². The van der Waals surface area contributed by atoms with Crippen LogP contribution in [0.15, 0.2) is 44.7 Å². The summed E-state index contributed by atoms with van der Waals surface area (Å²) in [5.74, 6) is -0.0638. The molecule has 7 heteroatoms. The molecule has 2 unspecified atom stereocenters. The van der Waals surface area contributed by atoms with Gasteiger partial charge in [-0.3, -0.25) is 4.79 Å². The van der Waals surface area contributed by atoms with Gasteiger partial charge in [0.15, 0.2) is 5.78 Å². The molecule has 1 aromatic rings. The normalized spacial score (nSPS) is 25.0. The van der Waals surface area contributed by atoms with E-state index in [1.807, 2.05) is 6.92 Å². The van der Waals surface area contributed by atoms with E-state index in [0.29, 0.717) is 16.9 Å². The molecule has 22 heavy (non-hydrogen) atoms. The molecular weight excluding hydrogens is 434 g/mol. The summed E-state index contributed by atoms with van der Waals surface area (Å²) in [6, 6.07) is 6.52. The zero-order valence-electron chi connectivity index (χ0n) is 12.3. The molecule has 0 heterocycles. The molecule has 0 N–H and O–H groups in total. The first-order chi connectivity index (χ1) is 10.1. The summed E-state index contributed by atoms with van der Waals surface area (Å²) in [7, 11) is -3.82. The van der Waals surface area contributed by atoms with E-state index in [-0.39, 0.29) is 10.7 Å². The number of allylic oxidation sites excluding steroid dienone is 2. The quantitative estimate of drug-likeness (QED) is 0.649. The highest BCUT2D eigenvalue weighted by atomic mass is 79.9. The third kappa shape index (κ3) is 3.26. The van der Waals surface area contributed by atoms with E-state index in [0.717, 1.165) is 5.56 Å². The second kappa shape index (κ2) is 6.37. The van der Waals surface area contributed by atoms with E-state index in [1.165, 1.54) is 12.1 Å². The van der Waals surface area contributed by atoms with E-state index in [9.17, 15) is 13.2 Å². The van der Waals surface area contributed by atoms with Crippen molar-refractivity contribution in [2.75, 3.05) is 0 Å². The molecule has 0 saturated carbocycles. The van der Waals surface area contributed by atoms with Crippen molar-refractivity contribution in [3.05, 3.63) is 41.0 Å². The van der Waals surface area contributed by atoms with Gasteiger partial charge in [-0.05, 0) is 44.1 Å². The summed E-state index contributed by atoms with van der Waals surface area (Å²) < 4.78 is 28.9. The molecular formula is C15H15Br2NO3S. The fraction of sp³-hybridized carbons (Fsp3) is 0.333. The first-order valence-corrected chi connectivity index (χ1v) is 9.84. The second-order valence-corrected chi connectivity index (χ2v) is 8.76. The summed E-state index contributed by atoms with van der Waals surface area (Å²) in [6.07, 6.45) is 0.